The summed E-state index contributed by atoms with van der Waals surface area (Å²) in [4.78, 5) is 27.1. The molecule has 1 atom stereocenters. The van der Waals surface area contributed by atoms with Crippen LogP contribution in [0.25, 0.3) is 0 Å². The molecule has 1 saturated heterocycles. The average molecular weight is 332 g/mol. The summed E-state index contributed by atoms with van der Waals surface area (Å²) in [5.41, 5.74) is -0.703. The molecule has 2 fully saturated rings. The molecule has 24 heavy (non-hydrogen) atoms. The largest absolute Gasteiger partial charge is 0.342 e. The second kappa shape index (κ2) is 6.95. The van der Waals surface area contributed by atoms with Crippen LogP contribution in [-0.2, 0) is 16.1 Å². The second-order valence-corrected chi connectivity index (χ2v) is 7.47. The average Bonchev–Trinajstić information content (AvgIpc) is 3.21. The van der Waals surface area contributed by atoms with Crippen molar-refractivity contribution in [3.05, 3.63) is 18.5 Å². The molecular weight excluding hydrogens is 304 g/mol. The van der Waals surface area contributed by atoms with E-state index in [0.29, 0.717) is 5.92 Å². The zero-order valence-electron chi connectivity index (χ0n) is 14.7. The molecule has 0 radical (unpaired) electrons. The minimum Gasteiger partial charge on any atom is -0.342 e. The molecule has 1 aliphatic heterocycles. The maximum atomic E-state index is 13.4. The van der Waals surface area contributed by atoms with Crippen LogP contribution in [0.3, 0.4) is 0 Å². The summed E-state index contributed by atoms with van der Waals surface area (Å²) in [5.74, 6) is 0.623. The summed E-state index contributed by atoms with van der Waals surface area (Å²) in [7, 11) is 0. The number of rotatable bonds is 4. The van der Waals surface area contributed by atoms with Crippen LogP contribution in [0.2, 0.25) is 0 Å². The Bertz CT molecular complexity index is 576. The van der Waals surface area contributed by atoms with Crippen molar-refractivity contribution in [3.8, 4) is 0 Å². The lowest BCUT2D eigenvalue weighted by Gasteiger charge is -2.42. The van der Waals surface area contributed by atoms with Crippen LogP contribution in [-0.4, -0.2) is 44.6 Å². The number of nitrogens with zero attached hydrogens (tertiary/aromatic N) is 3. The van der Waals surface area contributed by atoms with Gasteiger partial charge in [0.25, 0.3) is 0 Å². The number of nitrogens with one attached hydrogen (secondary N) is 1. The molecule has 0 unspecified atom stereocenters. The zero-order chi connectivity index (χ0) is 17.2. The van der Waals surface area contributed by atoms with Crippen LogP contribution in [0.15, 0.2) is 18.5 Å². The summed E-state index contributed by atoms with van der Waals surface area (Å²) >= 11 is 0. The zero-order valence-corrected chi connectivity index (χ0v) is 14.7. The van der Waals surface area contributed by atoms with Gasteiger partial charge in [0.15, 0.2) is 0 Å². The lowest BCUT2D eigenvalue weighted by Crippen LogP contribution is -2.61. The normalized spacial score (nSPS) is 30.3. The second-order valence-electron chi connectivity index (χ2n) is 7.47. The van der Waals surface area contributed by atoms with E-state index in [4.69, 9.17) is 0 Å². The number of carbonyl (C=O) groups is 2. The molecule has 1 aromatic rings. The lowest BCUT2D eigenvalue weighted by molar-refractivity contribution is -0.144. The molecule has 2 amide bonds. The van der Waals surface area contributed by atoms with Gasteiger partial charge in [-0.25, -0.2) is 0 Å². The first-order valence-corrected chi connectivity index (χ1v) is 9.07. The van der Waals surface area contributed by atoms with E-state index in [-0.39, 0.29) is 17.9 Å². The highest BCUT2D eigenvalue weighted by Gasteiger charge is 2.46. The molecule has 0 spiro atoms. The highest BCUT2D eigenvalue weighted by Crippen LogP contribution is 2.35. The molecule has 1 aliphatic carbocycles. The van der Waals surface area contributed by atoms with E-state index in [1.807, 2.05) is 21.8 Å². The van der Waals surface area contributed by atoms with Gasteiger partial charge in [0.2, 0.25) is 11.8 Å². The van der Waals surface area contributed by atoms with E-state index in [1.165, 1.54) is 6.92 Å². The van der Waals surface area contributed by atoms with Crippen LogP contribution in [0, 0.1) is 5.92 Å². The fraction of sp³-hybridized carbons (Fsp3) is 0.722. The van der Waals surface area contributed by atoms with E-state index in [2.05, 4.69) is 17.3 Å². The minimum atomic E-state index is -0.703. The van der Waals surface area contributed by atoms with E-state index in [9.17, 15) is 9.59 Å². The van der Waals surface area contributed by atoms with Gasteiger partial charge < -0.3 is 10.2 Å². The van der Waals surface area contributed by atoms with Crippen molar-refractivity contribution >= 4 is 11.8 Å². The van der Waals surface area contributed by atoms with Gasteiger partial charge in [-0.2, -0.15) is 5.10 Å². The van der Waals surface area contributed by atoms with Crippen LogP contribution < -0.4 is 5.32 Å². The predicted molar refractivity (Wildman–Crippen MR) is 91.1 cm³/mol. The van der Waals surface area contributed by atoms with Crippen molar-refractivity contribution in [3.63, 3.8) is 0 Å². The van der Waals surface area contributed by atoms with Gasteiger partial charge >= 0.3 is 0 Å². The number of hydrogen-bond donors (Lipinski definition) is 1. The summed E-state index contributed by atoms with van der Waals surface area (Å²) in [5, 5.41) is 7.29. The molecule has 0 aromatic carbocycles. The van der Waals surface area contributed by atoms with Gasteiger partial charge in [0, 0.05) is 25.9 Å². The number of hydrogen-bond acceptors (Lipinski definition) is 3. The van der Waals surface area contributed by atoms with Crippen molar-refractivity contribution in [2.75, 3.05) is 6.54 Å². The summed E-state index contributed by atoms with van der Waals surface area (Å²) < 4.78 is 1.89. The SMILES string of the molecule is CC(=O)NC1(C(=O)N2CCC[C@@H]2Cn2cccn2)CCC(C)CC1. The van der Waals surface area contributed by atoms with Gasteiger partial charge in [-0.1, -0.05) is 6.92 Å². The Hall–Kier alpha value is -1.85. The van der Waals surface area contributed by atoms with Gasteiger partial charge in [0.1, 0.15) is 5.54 Å². The Labute approximate surface area is 143 Å². The Kier molecular flexibility index (Phi) is 4.92. The van der Waals surface area contributed by atoms with E-state index in [1.54, 1.807) is 6.20 Å². The third-order valence-electron chi connectivity index (χ3n) is 5.55. The number of carbonyl (C=O) groups excluding carboxylic acids is 2. The van der Waals surface area contributed by atoms with Gasteiger partial charge in [-0.15, -0.1) is 0 Å². The summed E-state index contributed by atoms with van der Waals surface area (Å²) in [6.45, 7) is 5.24. The van der Waals surface area contributed by atoms with Crippen molar-refractivity contribution in [1.29, 1.82) is 0 Å². The maximum absolute atomic E-state index is 13.4. The van der Waals surface area contributed by atoms with Gasteiger partial charge in [-0.3, -0.25) is 14.3 Å². The highest BCUT2D eigenvalue weighted by molar-refractivity contribution is 5.91. The molecule has 1 saturated carbocycles. The van der Waals surface area contributed by atoms with E-state index < -0.39 is 5.54 Å². The molecule has 1 aromatic heterocycles. The molecule has 0 bridgehead atoms. The first-order valence-electron chi connectivity index (χ1n) is 9.07. The van der Waals surface area contributed by atoms with Crippen LogP contribution in [0.1, 0.15) is 52.4 Å². The third kappa shape index (κ3) is 3.47. The molecule has 2 heterocycles. The molecule has 2 aliphatic rings. The quantitative estimate of drug-likeness (QED) is 0.916. The van der Waals surface area contributed by atoms with Crippen molar-refractivity contribution in [1.82, 2.24) is 20.0 Å². The first-order chi connectivity index (χ1) is 11.5. The Morgan fingerprint density at radius 3 is 2.67 bits per heavy atom. The Morgan fingerprint density at radius 1 is 1.29 bits per heavy atom. The highest BCUT2D eigenvalue weighted by atomic mass is 16.2. The molecule has 132 valence electrons. The number of aromatic nitrogens is 2. The summed E-state index contributed by atoms with van der Waals surface area (Å²) in [6, 6.07) is 2.07. The maximum Gasteiger partial charge on any atom is 0.248 e. The van der Waals surface area contributed by atoms with Crippen molar-refractivity contribution < 1.29 is 9.59 Å². The standard InChI is InChI=1S/C18H28N4O2/c1-14-6-8-18(9-7-14,20-15(2)23)17(24)22-12-3-5-16(22)13-21-11-4-10-19-21/h4,10-11,14,16H,3,5-9,12-13H2,1-2H3,(H,20,23)/t14?,16-,18?/m1/s1. The molecule has 3 rings (SSSR count). The van der Waals surface area contributed by atoms with Gasteiger partial charge in [0.05, 0.1) is 12.6 Å². The lowest BCUT2D eigenvalue weighted by atomic mass is 9.76. The predicted octanol–water partition coefficient (Wildman–Crippen LogP) is 1.96. The summed E-state index contributed by atoms with van der Waals surface area (Å²) in [6.07, 6.45) is 9.19. The fourth-order valence-electron chi connectivity index (χ4n) is 4.18. The van der Waals surface area contributed by atoms with E-state index in [0.717, 1.165) is 51.6 Å². The Balaban J connectivity index is 1.77. The molecule has 6 heteroatoms. The van der Waals surface area contributed by atoms with Crippen molar-refractivity contribution in [2.45, 2.75) is 70.5 Å². The number of likely N-dealkylation sites (tertiary alicyclic amines) is 1. The molecule has 1 N–H and O–H groups in total. The van der Waals surface area contributed by atoms with Crippen LogP contribution in [0.4, 0.5) is 0 Å². The van der Waals surface area contributed by atoms with Crippen molar-refractivity contribution in [2.24, 2.45) is 5.92 Å². The topological polar surface area (TPSA) is 67.2 Å². The number of amides is 2. The first kappa shape index (κ1) is 17.0. The molecular formula is C18H28N4O2. The van der Waals surface area contributed by atoms with Crippen LogP contribution >= 0.6 is 0 Å². The minimum absolute atomic E-state index is 0.110. The third-order valence-corrected chi connectivity index (χ3v) is 5.55. The fourth-order valence-corrected chi connectivity index (χ4v) is 4.18. The Morgan fingerprint density at radius 2 is 2.04 bits per heavy atom. The van der Waals surface area contributed by atoms with Crippen LogP contribution in [0.5, 0.6) is 0 Å². The molecule has 6 nitrogen and oxygen atoms in total. The van der Waals surface area contributed by atoms with Gasteiger partial charge in [-0.05, 0) is 50.5 Å². The smallest absolute Gasteiger partial charge is 0.248 e. The van der Waals surface area contributed by atoms with E-state index >= 15 is 0 Å². The monoisotopic (exact) mass is 332 g/mol.